The van der Waals surface area contributed by atoms with Gasteiger partial charge in [0.05, 0.1) is 5.69 Å². The first-order valence-corrected chi connectivity index (χ1v) is 6.61. The number of hydrazine groups is 1. The fourth-order valence-electron chi connectivity index (χ4n) is 1.44. The number of aromatic nitrogens is 1. The van der Waals surface area contributed by atoms with Gasteiger partial charge in [-0.2, -0.15) is 0 Å². The largest absolute Gasteiger partial charge is 0.323 e. The van der Waals surface area contributed by atoms with Crippen molar-refractivity contribution in [1.82, 2.24) is 4.98 Å². The van der Waals surface area contributed by atoms with Gasteiger partial charge >= 0.3 is 0 Å². The third-order valence-corrected chi connectivity index (χ3v) is 3.65. The third kappa shape index (κ3) is 2.58. The maximum absolute atomic E-state index is 12.1. The van der Waals surface area contributed by atoms with Gasteiger partial charge in [-0.05, 0) is 24.3 Å². The standard InChI is InChI=1S/C11H12N4O2S/c12-14-9-5-1-2-6-10(9)18(16,17)15-11-7-3-4-8-13-11/h1-8,14H,12H2,(H,13,15). The number of nitrogens with two attached hydrogens (primary N) is 1. The summed E-state index contributed by atoms with van der Waals surface area (Å²) in [5.74, 6) is 5.54. The molecule has 2 aromatic rings. The summed E-state index contributed by atoms with van der Waals surface area (Å²) in [4.78, 5) is 3.97. The molecule has 0 saturated heterocycles. The van der Waals surface area contributed by atoms with E-state index in [4.69, 9.17) is 5.84 Å². The number of benzene rings is 1. The molecule has 0 amide bonds. The number of pyridine rings is 1. The molecule has 18 heavy (non-hydrogen) atoms. The SMILES string of the molecule is NNc1ccccc1S(=O)(=O)Nc1ccccn1. The van der Waals surface area contributed by atoms with Crippen molar-refractivity contribution in [2.24, 2.45) is 5.84 Å². The molecule has 0 saturated carbocycles. The molecular weight excluding hydrogens is 252 g/mol. The van der Waals surface area contributed by atoms with Crippen molar-refractivity contribution in [3.05, 3.63) is 48.7 Å². The van der Waals surface area contributed by atoms with Crippen LogP contribution in [0.4, 0.5) is 11.5 Å². The highest BCUT2D eigenvalue weighted by atomic mass is 32.2. The summed E-state index contributed by atoms with van der Waals surface area (Å²) in [5.41, 5.74) is 2.67. The monoisotopic (exact) mass is 264 g/mol. The van der Waals surface area contributed by atoms with Crippen LogP contribution < -0.4 is 16.0 Å². The van der Waals surface area contributed by atoms with Crippen molar-refractivity contribution >= 4 is 21.5 Å². The highest BCUT2D eigenvalue weighted by Crippen LogP contribution is 2.21. The van der Waals surface area contributed by atoms with Crippen LogP contribution in [0.15, 0.2) is 53.6 Å². The van der Waals surface area contributed by atoms with E-state index in [1.165, 1.54) is 12.3 Å². The van der Waals surface area contributed by atoms with Crippen LogP contribution >= 0.6 is 0 Å². The Labute approximate surface area is 105 Å². The Bertz CT molecular complexity index is 629. The first-order valence-electron chi connectivity index (χ1n) is 5.13. The van der Waals surface area contributed by atoms with E-state index in [0.717, 1.165) is 0 Å². The van der Waals surface area contributed by atoms with E-state index >= 15 is 0 Å². The molecule has 0 radical (unpaired) electrons. The Balaban J connectivity index is 2.37. The summed E-state index contributed by atoms with van der Waals surface area (Å²) in [6, 6.07) is 11.3. The number of nitrogens with zero attached hydrogens (tertiary/aromatic N) is 1. The Kier molecular flexibility index (Phi) is 3.45. The number of anilines is 2. The molecule has 7 heteroatoms. The van der Waals surface area contributed by atoms with Gasteiger partial charge in [0.25, 0.3) is 10.0 Å². The quantitative estimate of drug-likeness (QED) is 0.569. The Morgan fingerprint density at radius 3 is 2.44 bits per heavy atom. The molecular formula is C11H12N4O2S. The molecule has 0 unspecified atom stereocenters. The highest BCUT2D eigenvalue weighted by Gasteiger charge is 2.18. The van der Waals surface area contributed by atoms with Gasteiger partial charge in [0.2, 0.25) is 0 Å². The number of nitrogens with one attached hydrogen (secondary N) is 2. The molecule has 94 valence electrons. The summed E-state index contributed by atoms with van der Waals surface area (Å²) >= 11 is 0. The van der Waals surface area contributed by atoms with Gasteiger partial charge in [-0.1, -0.05) is 18.2 Å². The van der Waals surface area contributed by atoms with Crippen molar-refractivity contribution in [1.29, 1.82) is 0 Å². The molecule has 0 spiro atoms. The first-order chi connectivity index (χ1) is 8.63. The maximum atomic E-state index is 12.1. The molecule has 1 heterocycles. The second-order valence-electron chi connectivity index (χ2n) is 3.46. The van der Waals surface area contributed by atoms with Crippen LogP contribution in [0, 0.1) is 0 Å². The summed E-state index contributed by atoms with van der Waals surface area (Å²) < 4.78 is 26.6. The minimum Gasteiger partial charge on any atom is -0.323 e. The Morgan fingerprint density at radius 2 is 1.78 bits per heavy atom. The summed E-state index contributed by atoms with van der Waals surface area (Å²) in [6.45, 7) is 0. The molecule has 0 aliphatic heterocycles. The van der Waals surface area contributed by atoms with Crippen molar-refractivity contribution < 1.29 is 8.42 Å². The lowest BCUT2D eigenvalue weighted by molar-refractivity contribution is 0.601. The highest BCUT2D eigenvalue weighted by molar-refractivity contribution is 7.92. The topological polar surface area (TPSA) is 97.1 Å². The number of hydrogen-bond donors (Lipinski definition) is 3. The molecule has 1 aromatic heterocycles. The van der Waals surface area contributed by atoms with Gasteiger partial charge in [-0.25, -0.2) is 13.4 Å². The van der Waals surface area contributed by atoms with Crippen molar-refractivity contribution in [2.75, 3.05) is 10.1 Å². The summed E-state index contributed by atoms with van der Waals surface area (Å²) in [5, 5.41) is 0. The van der Waals surface area contributed by atoms with E-state index in [0.29, 0.717) is 5.69 Å². The van der Waals surface area contributed by atoms with Crippen LogP contribution in [-0.4, -0.2) is 13.4 Å². The van der Waals surface area contributed by atoms with E-state index in [-0.39, 0.29) is 10.7 Å². The fourth-order valence-corrected chi connectivity index (χ4v) is 2.62. The molecule has 0 aliphatic carbocycles. The summed E-state index contributed by atoms with van der Waals surface area (Å²) in [6.07, 6.45) is 1.50. The normalized spacial score (nSPS) is 10.9. The van der Waals surface area contributed by atoms with Gasteiger partial charge < -0.3 is 5.43 Å². The predicted octanol–water partition coefficient (Wildman–Crippen LogP) is 1.17. The van der Waals surface area contributed by atoms with Gasteiger partial charge in [-0.15, -0.1) is 0 Å². The van der Waals surface area contributed by atoms with E-state index < -0.39 is 10.0 Å². The van der Waals surface area contributed by atoms with Crippen LogP contribution in [0.5, 0.6) is 0 Å². The second kappa shape index (κ2) is 5.03. The van der Waals surface area contributed by atoms with E-state index in [2.05, 4.69) is 15.1 Å². The fraction of sp³-hybridized carbons (Fsp3) is 0. The number of para-hydroxylation sites is 1. The van der Waals surface area contributed by atoms with Crippen molar-refractivity contribution in [3.63, 3.8) is 0 Å². The van der Waals surface area contributed by atoms with Gasteiger partial charge in [0, 0.05) is 6.20 Å². The van der Waals surface area contributed by atoms with Crippen LogP contribution in [0.25, 0.3) is 0 Å². The number of sulfonamides is 1. The van der Waals surface area contributed by atoms with E-state index in [1.807, 2.05) is 0 Å². The van der Waals surface area contributed by atoms with Crippen LogP contribution in [0.2, 0.25) is 0 Å². The average Bonchev–Trinajstić information content (AvgIpc) is 2.39. The third-order valence-electron chi connectivity index (χ3n) is 2.24. The lowest BCUT2D eigenvalue weighted by atomic mass is 10.3. The molecule has 0 bridgehead atoms. The Morgan fingerprint density at radius 1 is 1.06 bits per heavy atom. The molecule has 0 aliphatic rings. The first kappa shape index (κ1) is 12.3. The van der Waals surface area contributed by atoms with Gasteiger partial charge in [0.1, 0.15) is 10.7 Å². The van der Waals surface area contributed by atoms with Crippen LogP contribution in [0.3, 0.4) is 0 Å². The second-order valence-corrected chi connectivity index (χ2v) is 5.11. The number of nitrogen functional groups attached to an aromatic ring is 1. The molecule has 6 nitrogen and oxygen atoms in total. The van der Waals surface area contributed by atoms with E-state index in [1.54, 1.807) is 36.4 Å². The molecule has 4 N–H and O–H groups in total. The minimum absolute atomic E-state index is 0.0677. The minimum atomic E-state index is -3.71. The van der Waals surface area contributed by atoms with Gasteiger partial charge in [-0.3, -0.25) is 10.6 Å². The average molecular weight is 264 g/mol. The van der Waals surface area contributed by atoms with Gasteiger partial charge in [0.15, 0.2) is 0 Å². The zero-order valence-corrected chi connectivity index (χ0v) is 10.2. The number of hydrogen-bond acceptors (Lipinski definition) is 5. The number of rotatable bonds is 4. The predicted molar refractivity (Wildman–Crippen MR) is 69.3 cm³/mol. The summed E-state index contributed by atoms with van der Waals surface area (Å²) in [7, 11) is -3.71. The molecule has 2 rings (SSSR count). The van der Waals surface area contributed by atoms with Crippen molar-refractivity contribution in [3.8, 4) is 0 Å². The zero-order valence-electron chi connectivity index (χ0n) is 9.37. The lowest BCUT2D eigenvalue weighted by Crippen LogP contribution is -2.17. The smallest absolute Gasteiger partial charge is 0.265 e. The molecule has 1 aromatic carbocycles. The zero-order chi connectivity index (χ0) is 13.0. The Hall–Kier alpha value is -2.12. The van der Waals surface area contributed by atoms with Crippen LogP contribution in [0.1, 0.15) is 0 Å². The molecule has 0 atom stereocenters. The maximum Gasteiger partial charge on any atom is 0.265 e. The van der Waals surface area contributed by atoms with Crippen LogP contribution in [-0.2, 0) is 10.0 Å². The molecule has 0 fully saturated rings. The van der Waals surface area contributed by atoms with E-state index in [9.17, 15) is 8.42 Å². The van der Waals surface area contributed by atoms with Crippen molar-refractivity contribution in [2.45, 2.75) is 4.90 Å². The lowest BCUT2D eigenvalue weighted by Gasteiger charge is -2.10.